The van der Waals surface area contributed by atoms with Crippen molar-refractivity contribution in [3.63, 3.8) is 0 Å². The van der Waals surface area contributed by atoms with Crippen molar-refractivity contribution in [1.29, 1.82) is 0 Å². The molecule has 0 aliphatic heterocycles. The Hall–Kier alpha value is -1.22. The molecule has 2 fully saturated rings. The predicted octanol–water partition coefficient (Wildman–Crippen LogP) is 6.77. The van der Waals surface area contributed by atoms with Gasteiger partial charge in [-0.1, -0.05) is 6.08 Å². The second kappa shape index (κ2) is 9.12. The first-order chi connectivity index (χ1) is 12.6. The van der Waals surface area contributed by atoms with Gasteiger partial charge in [-0.15, -0.1) is 6.58 Å². The molecule has 0 bridgehead atoms. The van der Waals surface area contributed by atoms with Gasteiger partial charge >= 0.3 is 0 Å². The molecular formula is C23H32F2O. The van der Waals surface area contributed by atoms with E-state index in [1.54, 1.807) is 0 Å². The average Bonchev–Trinajstić information content (AvgIpc) is 2.67. The molecule has 144 valence electrons. The van der Waals surface area contributed by atoms with Crippen molar-refractivity contribution in [2.45, 2.75) is 70.8 Å². The lowest BCUT2D eigenvalue weighted by atomic mass is 9.68. The molecule has 26 heavy (non-hydrogen) atoms. The van der Waals surface area contributed by atoms with E-state index in [1.165, 1.54) is 50.7 Å². The van der Waals surface area contributed by atoms with Gasteiger partial charge in [0, 0.05) is 12.2 Å². The third kappa shape index (κ3) is 4.54. The molecule has 0 spiro atoms. The number of halogens is 2. The van der Waals surface area contributed by atoms with Crippen LogP contribution in [0.3, 0.4) is 0 Å². The summed E-state index contributed by atoms with van der Waals surface area (Å²) in [5, 5.41) is 0. The minimum atomic E-state index is -0.460. The molecule has 0 N–H and O–H groups in total. The molecule has 0 radical (unpaired) electrons. The molecule has 2 saturated carbocycles. The van der Waals surface area contributed by atoms with Crippen molar-refractivity contribution in [1.82, 2.24) is 0 Å². The van der Waals surface area contributed by atoms with Crippen LogP contribution in [0.1, 0.15) is 75.3 Å². The van der Waals surface area contributed by atoms with Gasteiger partial charge in [0.25, 0.3) is 0 Å². The lowest BCUT2D eigenvalue weighted by Gasteiger charge is -2.37. The highest BCUT2D eigenvalue weighted by Crippen LogP contribution is 2.44. The molecule has 1 aromatic carbocycles. The molecule has 0 aromatic heterocycles. The smallest absolute Gasteiger partial charge is 0.131 e. The quantitative estimate of drug-likeness (QED) is 0.508. The maximum Gasteiger partial charge on any atom is 0.131 e. The van der Waals surface area contributed by atoms with Gasteiger partial charge in [0.15, 0.2) is 0 Å². The highest BCUT2D eigenvalue weighted by Gasteiger charge is 2.31. The molecule has 2 aliphatic rings. The summed E-state index contributed by atoms with van der Waals surface area (Å²) in [5.41, 5.74) is 0.886. The van der Waals surface area contributed by atoms with E-state index in [-0.39, 0.29) is 12.2 Å². The number of allylic oxidation sites excluding steroid dienone is 1. The minimum Gasteiger partial charge on any atom is -0.377 e. The number of hydrogen-bond acceptors (Lipinski definition) is 1. The first kappa shape index (κ1) is 19.5. The Morgan fingerprint density at radius 3 is 2.00 bits per heavy atom. The SMILES string of the molecule is C=C[C@H]1CC[C@H]([C@H]2CC[C@H](c3cc(F)c(COCC)c(F)c3)CC2)CC1. The van der Waals surface area contributed by atoms with Gasteiger partial charge < -0.3 is 4.74 Å². The number of ether oxygens (including phenoxy) is 1. The van der Waals surface area contributed by atoms with Crippen molar-refractivity contribution in [3.8, 4) is 0 Å². The third-order valence-corrected chi connectivity index (χ3v) is 6.67. The molecule has 3 heteroatoms. The number of benzene rings is 1. The van der Waals surface area contributed by atoms with Crippen molar-refractivity contribution in [2.75, 3.05) is 6.61 Å². The zero-order valence-corrected chi connectivity index (χ0v) is 16.0. The molecule has 0 unspecified atom stereocenters. The van der Waals surface area contributed by atoms with E-state index in [1.807, 2.05) is 6.92 Å². The van der Waals surface area contributed by atoms with Gasteiger partial charge in [-0.2, -0.15) is 0 Å². The summed E-state index contributed by atoms with van der Waals surface area (Å²) in [6.07, 6.45) is 11.8. The van der Waals surface area contributed by atoms with Crippen LogP contribution in [0.2, 0.25) is 0 Å². The Kier molecular flexibility index (Phi) is 6.86. The van der Waals surface area contributed by atoms with Crippen LogP contribution in [-0.2, 0) is 11.3 Å². The summed E-state index contributed by atoms with van der Waals surface area (Å²) < 4.78 is 33.8. The van der Waals surface area contributed by atoms with E-state index in [4.69, 9.17) is 4.74 Å². The van der Waals surface area contributed by atoms with Gasteiger partial charge in [0.2, 0.25) is 0 Å². The predicted molar refractivity (Wildman–Crippen MR) is 102 cm³/mol. The molecule has 2 aliphatic carbocycles. The van der Waals surface area contributed by atoms with Gasteiger partial charge in [-0.3, -0.25) is 0 Å². The van der Waals surface area contributed by atoms with Crippen molar-refractivity contribution >= 4 is 0 Å². The summed E-state index contributed by atoms with van der Waals surface area (Å²) in [6.45, 7) is 6.23. The van der Waals surface area contributed by atoms with Gasteiger partial charge in [0.05, 0.1) is 6.61 Å². The molecular weight excluding hydrogens is 330 g/mol. The Balaban J connectivity index is 1.57. The molecule has 0 heterocycles. The zero-order valence-electron chi connectivity index (χ0n) is 16.0. The van der Waals surface area contributed by atoms with Crippen LogP contribution in [0.15, 0.2) is 24.8 Å². The fraction of sp³-hybridized carbons (Fsp3) is 0.652. The van der Waals surface area contributed by atoms with Crippen LogP contribution in [-0.4, -0.2) is 6.61 Å². The Morgan fingerprint density at radius 2 is 1.50 bits per heavy atom. The van der Waals surface area contributed by atoms with Crippen LogP contribution < -0.4 is 0 Å². The fourth-order valence-corrected chi connectivity index (χ4v) is 4.98. The van der Waals surface area contributed by atoms with E-state index in [0.29, 0.717) is 18.4 Å². The first-order valence-electron chi connectivity index (χ1n) is 10.3. The van der Waals surface area contributed by atoms with E-state index in [0.717, 1.165) is 30.2 Å². The highest BCUT2D eigenvalue weighted by atomic mass is 19.1. The Bertz CT molecular complexity index is 573. The minimum absolute atomic E-state index is 0.00850. The largest absolute Gasteiger partial charge is 0.377 e. The molecule has 0 amide bonds. The summed E-state index contributed by atoms with van der Waals surface area (Å²) in [6, 6.07) is 3.08. The third-order valence-electron chi connectivity index (χ3n) is 6.67. The maximum absolute atomic E-state index is 14.3. The normalized spacial score (nSPS) is 29.5. The summed E-state index contributed by atoms with van der Waals surface area (Å²) in [5.74, 6) is 1.72. The Labute approximate surface area is 156 Å². The van der Waals surface area contributed by atoms with E-state index < -0.39 is 11.6 Å². The molecule has 1 aromatic rings. The van der Waals surface area contributed by atoms with Crippen molar-refractivity contribution in [2.24, 2.45) is 17.8 Å². The molecule has 1 nitrogen and oxygen atoms in total. The molecule has 0 saturated heterocycles. The van der Waals surface area contributed by atoms with Gasteiger partial charge in [-0.05, 0) is 99.7 Å². The average molecular weight is 363 g/mol. The zero-order chi connectivity index (χ0) is 18.5. The van der Waals surface area contributed by atoms with Crippen molar-refractivity contribution < 1.29 is 13.5 Å². The second-order valence-corrected chi connectivity index (χ2v) is 8.12. The standard InChI is InChI=1S/C23H32F2O/c1-3-16-5-7-17(8-6-16)18-9-11-19(12-10-18)20-13-22(24)21(15-26-4-2)23(25)14-20/h3,13-14,16-19H,1,4-12,15H2,2H3/t16-,17-,18-,19-. The summed E-state index contributed by atoms with van der Waals surface area (Å²) >= 11 is 0. The van der Waals surface area contributed by atoms with Gasteiger partial charge in [0.1, 0.15) is 11.6 Å². The van der Waals surface area contributed by atoms with Crippen LogP contribution in [0.4, 0.5) is 8.78 Å². The first-order valence-corrected chi connectivity index (χ1v) is 10.3. The number of hydrogen-bond donors (Lipinski definition) is 0. The van der Waals surface area contributed by atoms with Gasteiger partial charge in [-0.25, -0.2) is 8.78 Å². The van der Waals surface area contributed by atoms with E-state index in [9.17, 15) is 8.78 Å². The highest BCUT2D eigenvalue weighted by molar-refractivity contribution is 5.28. The van der Waals surface area contributed by atoms with E-state index in [2.05, 4.69) is 12.7 Å². The summed E-state index contributed by atoms with van der Waals surface area (Å²) in [4.78, 5) is 0. The monoisotopic (exact) mass is 362 g/mol. The number of rotatable bonds is 6. The lowest BCUT2D eigenvalue weighted by Crippen LogP contribution is -2.25. The van der Waals surface area contributed by atoms with Crippen LogP contribution in [0, 0.1) is 29.4 Å². The molecule has 0 atom stereocenters. The van der Waals surface area contributed by atoms with Crippen LogP contribution >= 0.6 is 0 Å². The van der Waals surface area contributed by atoms with E-state index >= 15 is 0 Å². The van der Waals surface area contributed by atoms with Crippen molar-refractivity contribution in [3.05, 3.63) is 47.5 Å². The Morgan fingerprint density at radius 1 is 0.962 bits per heavy atom. The van der Waals surface area contributed by atoms with Crippen LogP contribution in [0.5, 0.6) is 0 Å². The fourth-order valence-electron chi connectivity index (χ4n) is 4.98. The van der Waals surface area contributed by atoms with Crippen LogP contribution in [0.25, 0.3) is 0 Å². The lowest BCUT2D eigenvalue weighted by molar-refractivity contribution is 0.128. The maximum atomic E-state index is 14.3. The molecule has 3 rings (SSSR count). The topological polar surface area (TPSA) is 9.23 Å². The summed E-state index contributed by atoms with van der Waals surface area (Å²) in [7, 11) is 0. The second-order valence-electron chi connectivity index (χ2n) is 8.12.